The molecule has 0 spiro atoms. The van der Waals surface area contributed by atoms with Gasteiger partial charge in [-0.15, -0.1) is 0 Å². The molecule has 9 heteroatoms. The van der Waals surface area contributed by atoms with Crippen molar-refractivity contribution in [1.29, 1.82) is 0 Å². The van der Waals surface area contributed by atoms with Crippen molar-refractivity contribution < 1.29 is 23.1 Å². The van der Waals surface area contributed by atoms with Crippen LogP contribution in [0.4, 0.5) is 4.79 Å². The molecule has 0 aliphatic rings. The minimum atomic E-state index is -3.98. The molecule has 0 atom stereocenters. The molecule has 2 N–H and O–H groups in total. The molecule has 2 aromatic carbocycles. The van der Waals surface area contributed by atoms with Gasteiger partial charge in [-0.05, 0) is 67.9 Å². The van der Waals surface area contributed by atoms with E-state index in [-0.39, 0.29) is 17.2 Å². The van der Waals surface area contributed by atoms with Crippen LogP contribution in [-0.2, 0) is 21.3 Å². The molecule has 1 heterocycles. The topological polar surface area (TPSA) is 97.6 Å². The summed E-state index contributed by atoms with van der Waals surface area (Å²) < 4.78 is 33.7. The Kier molecular flexibility index (Phi) is 5.88. The molecule has 0 saturated heterocycles. The van der Waals surface area contributed by atoms with E-state index in [2.05, 4.69) is 21.2 Å². The highest BCUT2D eigenvalue weighted by Gasteiger charge is 2.25. The average Bonchev–Trinajstić information content (AvgIpc) is 2.97. The average molecular weight is 495 g/mol. The van der Waals surface area contributed by atoms with E-state index >= 15 is 0 Å². The minimum absolute atomic E-state index is 0.0763. The van der Waals surface area contributed by atoms with Crippen LogP contribution in [0.1, 0.15) is 32.0 Å². The number of hydrogen-bond donors (Lipinski definition) is 2. The fraction of sp³-hybridized carbons (Fsp3) is 0.286. The van der Waals surface area contributed by atoms with Gasteiger partial charge in [-0.3, -0.25) is 0 Å². The number of carbonyl (C=O) groups is 1. The van der Waals surface area contributed by atoms with Crippen LogP contribution in [0, 0.1) is 6.92 Å². The number of phenolic OH excluding ortho intramolecular Hbond substituents is 1. The maximum absolute atomic E-state index is 13.4. The van der Waals surface area contributed by atoms with Crippen LogP contribution in [0.15, 0.2) is 51.8 Å². The van der Waals surface area contributed by atoms with Gasteiger partial charge in [-0.2, -0.15) is 0 Å². The predicted octanol–water partition coefficient (Wildman–Crippen LogP) is 4.68. The number of carbonyl (C=O) groups excluding carboxylic acids is 1. The molecule has 0 aliphatic heterocycles. The Morgan fingerprint density at radius 2 is 1.80 bits per heavy atom. The Hall–Kier alpha value is -2.52. The second-order valence-electron chi connectivity index (χ2n) is 7.94. The lowest BCUT2D eigenvalue weighted by molar-refractivity contribution is 0.0522. The standard InChI is InChI=1S/C21H23BrN2O5S/c1-13-5-7-16(8-6-13)30(27,28)24-15(12-23-20(26)29-21(2,3)4)9-14-10-17(22)19(25)11-18(14)24/h5-11,25H,12H2,1-4H3,(H,23,26). The van der Waals surface area contributed by atoms with Crippen molar-refractivity contribution in [2.24, 2.45) is 0 Å². The fourth-order valence-corrected chi connectivity index (χ4v) is 4.84. The van der Waals surface area contributed by atoms with Gasteiger partial charge in [0.2, 0.25) is 0 Å². The Morgan fingerprint density at radius 3 is 2.40 bits per heavy atom. The summed E-state index contributed by atoms with van der Waals surface area (Å²) in [5.41, 5.74) is 0.882. The Balaban J connectivity index is 2.10. The summed E-state index contributed by atoms with van der Waals surface area (Å²) in [6.45, 7) is 7.02. The molecular weight excluding hydrogens is 472 g/mol. The van der Waals surface area contributed by atoms with Crippen molar-refractivity contribution in [1.82, 2.24) is 9.29 Å². The summed E-state index contributed by atoms with van der Waals surface area (Å²) in [7, 11) is -3.98. The predicted molar refractivity (Wildman–Crippen MR) is 118 cm³/mol. The lowest BCUT2D eigenvalue weighted by Crippen LogP contribution is -2.33. The summed E-state index contributed by atoms with van der Waals surface area (Å²) in [5.74, 6) is -0.0902. The number of halogens is 1. The molecule has 0 radical (unpaired) electrons. The fourth-order valence-electron chi connectivity index (χ4n) is 2.95. The third-order valence-electron chi connectivity index (χ3n) is 4.27. The third kappa shape index (κ3) is 4.62. The van der Waals surface area contributed by atoms with Crippen molar-refractivity contribution in [3.8, 4) is 5.75 Å². The zero-order chi connectivity index (χ0) is 22.3. The first-order valence-corrected chi connectivity index (χ1v) is 11.4. The number of phenols is 1. The second kappa shape index (κ2) is 7.96. The van der Waals surface area contributed by atoms with Crippen LogP contribution in [0.2, 0.25) is 0 Å². The van der Waals surface area contributed by atoms with E-state index in [1.165, 1.54) is 18.2 Å². The SMILES string of the molecule is Cc1ccc(S(=O)(=O)n2c(CNC(=O)OC(C)(C)C)cc3cc(Br)c(O)cc32)cc1. The second-order valence-corrected chi connectivity index (χ2v) is 10.6. The largest absolute Gasteiger partial charge is 0.507 e. The van der Waals surface area contributed by atoms with Gasteiger partial charge in [0.15, 0.2) is 0 Å². The van der Waals surface area contributed by atoms with E-state index in [0.29, 0.717) is 21.1 Å². The number of aromatic nitrogens is 1. The van der Waals surface area contributed by atoms with Crippen LogP contribution >= 0.6 is 15.9 Å². The molecule has 1 amide bonds. The molecule has 0 unspecified atom stereocenters. The first-order valence-electron chi connectivity index (χ1n) is 9.20. The molecule has 160 valence electrons. The number of aryl methyl sites for hydroxylation is 1. The van der Waals surface area contributed by atoms with E-state index in [9.17, 15) is 18.3 Å². The molecule has 1 aromatic heterocycles. The highest BCUT2D eigenvalue weighted by Crippen LogP contribution is 2.33. The van der Waals surface area contributed by atoms with Gasteiger partial charge in [0.05, 0.1) is 27.1 Å². The van der Waals surface area contributed by atoms with Gasteiger partial charge in [-0.1, -0.05) is 17.7 Å². The number of nitrogens with zero attached hydrogens (tertiary/aromatic N) is 1. The van der Waals surface area contributed by atoms with Gasteiger partial charge >= 0.3 is 6.09 Å². The Labute approximate surface area is 183 Å². The number of rotatable bonds is 4. The lowest BCUT2D eigenvalue weighted by Gasteiger charge is -2.20. The number of nitrogens with one attached hydrogen (secondary N) is 1. The maximum atomic E-state index is 13.4. The summed E-state index contributed by atoms with van der Waals surface area (Å²) in [6.07, 6.45) is -0.656. The molecule has 3 rings (SSSR count). The van der Waals surface area contributed by atoms with Gasteiger partial charge in [0.25, 0.3) is 10.0 Å². The quantitative estimate of drug-likeness (QED) is 0.548. The lowest BCUT2D eigenvalue weighted by atomic mass is 10.2. The monoisotopic (exact) mass is 494 g/mol. The van der Waals surface area contributed by atoms with Crippen molar-refractivity contribution in [3.05, 3.63) is 58.2 Å². The van der Waals surface area contributed by atoms with Crippen LogP contribution in [-0.4, -0.2) is 29.2 Å². The number of fused-ring (bicyclic) bond motifs is 1. The maximum Gasteiger partial charge on any atom is 0.407 e. The van der Waals surface area contributed by atoms with E-state index in [0.717, 1.165) is 9.54 Å². The molecule has 0 fully saturated rings. The molecule has 30 heavy (non-hydrogen) atoms. The molecular formula is C21H23BrN2O5S. The van der Waals surface area contributed by atoms with E-state index < -0.39 is 21.7 Å². The third-order valence-corrected chi connectivity index (χ3v) is 6.68. The Bertz CT molecular complexity index is 1210. The normalized spacial score (nSPS) is 12.2. The first-order chi connectivity index (χ1) is 13.9. The summed E-state index contributed by atoms with van der Waals surface area (Å²) in [4.78, 5) is 12.2. The van der Waals surface area contributed by atoms with E-state index in [1.807, 2.05) is 6.92 Å². The van der Waals surface area contributed by atoms with Gasteiger partial charge in [-0.25, -0.2) is 17.2 Å². The zero-order valence-electron chi connectivity index (χ0n) is 17.1. The van der Waals surface area contributed by atoms with Gasteiger partial charge < -0.3 is 15.2 Å². The van der Waals surface area contributed by atoms with Crippen LogP contribution in [0.25, 0.3) is 10.9 Å². The van der Waals surface area contributed by atoms with Crippen LogP contribution < -0.4 is 5.32 Å². The molecule has 0 bridgehead atoms. The number of benzene rings is 2. The Morgan fingerprint density at radius 1 is 1.17 bits per heavy atom. The van der Waals surface area contributed by atoms with Crippen molar-refractivity contribution in [3.63, 3.8) is 0 Å². The van der Waals surface area contributed by atoms with Crippen LogP contribution in [0.3, 0.4) is 0 Å². The smallest absolute Gasteiger partial charge is 0.407 e. The number of aromatic hydroxyl groups is 1. The molecule has 7 nitrogen and oxygen atoms in total. The molecule has 3 aromatic rings. The summed E-state index contributed by atoms with van der Waals surface area (Å²) in [6, 6.07) is 11.1. The van der Waals surface area contributed by atoms with E-state index in [4.69, 9.17) is 4.74 Å². The number of ether oxygens (including phenoxy) is 1. The van der Waals surface area contributed by atoms with Gasteiger partial charge in [0.1, 0.15) is 11.4 Å². The highest BCUT2D eigenvalue weighted by atomic mass is 79.9. The van der Waals surface area contributed by atoms with Crippen LogP contribution in [0.5, 0.6) is 5.75 Å². The zero-order valence-corrected chi connectivity index (χ0v) is 19.5. The van der Waals surface area contributed by atoms with E-state index in [1.54, 1.807) is 45.0 Å². The highest BCUT2D eigenvalue weighted by molar-refractivity contribution is 9.10. The van der Waals surface area contributed by atoms with Crippen molar-refractivity contribution >= 4 is 42.9 Å². The number of hydrogen-bond acceptors (Lipinski definition) is 5. The molecule has 0 saturated carbocycles. The van der Waals surface area contributed by atoms with Gasteiger partial charge in [0, 0.05) is 11.5 Å². The van der Waals surface area contributed by atoms with Crippen molar-refractivity contribution in [2.75, 3.05) is 0 Å². The summed E-state index contributed by atoms with van der Waals surface area (Å²) >= 11 is 3.25. The number of amides is 1. The number of alkyl carbamates (subject to hydrolysis) is 1. The molecule has 0 aliphatic carbocycles. The minimum Gasteiger partial charge on any atom is -0.507 e. The van der Waals surface area contributed by atoms with Crippen molar-refractivity contribution in [2.45, 2.75) is 44.7 Å². The summed E-state index contributed by atoms with van der Waals surface area (Å²) in [5, 5.41) is 13.3. The first kappa shape index (κ1) is 22.2.